The first-order chi connectivity index (χ1) is 14.7. The average molecular weight is 423 g/mol. The lowest BCUT2D eigenvalue weighted by molar-refractivity contribution is -0.00202. The van der Waals surface area contributed by atoms with Gasteiger partial charge < -0.3 is 14.5 Å². The Hall–Kier alpha value is -3.04. The van der Waals surface area contributed by atoms with E-state index >= 15 is 0 Å². The highest BCUT2D eigenvalue weighted by molar-refractivity contribution is 7.08. The van der Waals surface area contributed by atoms with E-state index in [9.17, 15) is 9.59 Å². The van der Waals surface area contributed by atoms with E-state index in [4.69, 9.17) is 4.74 Å². The topological polar surface area (TPSA) is 80.6 Å². The van der Waals surface area contributed by atoms with Crippen LogP contribution in [0, 0.1) is 0 Å². The van der Waals surface area contributed by atoms with Crippen LogP contribution in [0.25, 0.3) is 0 Å². The molecule has 0 unspecified atom stereocenters. The van der Waals surface area contributed by atoms with Gasteiger partial charge in [0, 0.05) is 31.6 Å². The third-order valence-corrected chi connectivity index (χ3v) is 6.28. The highest BCUT2D eigenvalue weighted by atomic mass is 32.1. The number of piperazine rings is 1. The molecule has 8 nitrogen and oxygen atoms in total. The van der Waals surface area contributed by atoms with Crippen LogP contribution in [0.1, 0.15) is 38.2 Å². The second-order valence-electron chi connectivity index (χ2n) is 7.37. The van der Waals surface area contributed by atoms with Crippen LogP contribution in [0.2, 0.25) is 0 Å². The Morgan fingerprint density at radius 1 is 1.00 bits per heavy atom. The van der Waals surface area contributed by atoms with Crippen LogP contribution >= 0.6 is 11.3 Å². The molecule has 1 saturated heterocycles. The van der Waals surface area contributed by atoms with Gasteiger partial charge in [-0.25, -0.2) is 4.68 Å². The van der Waals surface area contributed by atoms with Gasteiger partial charge >= 0.3 is 0 Å². The first-order valence-electron chi connectivity index (χ1n) is 9.90. The summed E-state index contributed by atoms with van der Waals surface area (Å²) >= 11 is 1.51. The molecule has 0 N–H and O–H groups in total. The van der Waals surface area contributed by atoms with Crippen LogP contribution in [0.4, 0.5) is 0 Å². The van der Waals surface area contributed by atoms with Crippen molar-refractivity contribution in [1.82, 2.24) is 24.8 Å². The van der Waals surface area contributed by atoms with Crippen molar-refractivity contribution in [1.29, 1.82) is 0 Å². The molecule has 30 heavy (non-hydrogen) atoms. The Kier molecular flexibility index (Phi) is 5.06. The summed E-state index contributed by atoms with van der Waals surface area (Å²) in [4.78, 5) is 29.1. The Balaban J connectivity index is 1.24. The second-order valence-corrected chi connectivity index (χ2v) is 8.15. The lowest BCUT2D eigenvalue weighted by atomic mass is 10.1. The minimum atomic E-state index is -0.152. The Bertz CT molecular complexity index is 1040. The van der Waals surface area contributed by atoms with Gasteiger partial charge in [0.25, 0.3) is 11.8 Å². The van der Waals surface area contributed by atoms with Crippen molar-refractivity contribution in [3.63, 3.8) is 0 Å². The molecule has 0 saturated carbocycles. The van der Waals surface area contributed by atoms with E-state index in [1.807, 2.05) is 47.2 Å². The van der Waals surface area contributed by atoms with Gasteiger partial charge in [-0.1, -0.05) is 35.5 Å². The summed E-state index contributed by atoms with van der Waals surface area (Å²) in [5, 5.41) is 12.1. The summed E-state index contributed by atoms with van der Waals surface area (Å²) in [5.74, 6) is -0.134. The Morgan fingerprint density at radius 2 is 1.73 bits per heavy atom. The zero-order valence-electron chi connectivity index (χ0n) is 16.3. The van der Waals surface area contributed by atoms with Gasteiger partial charge in [0.1, 0.15) is 6.10 Å². The summed E-state index contributed by atoms with van der Waals surface area (Å²) in [6.07, 6.45) is -0.102. The number of carbonyl (C=O) groups is 2. The Labute approximate surface area is 177 Å². The van der Waals surface area contributed by atoms with Crippen molar-refractivity contribution < 1.29 is 14.3 Å². The largest absolute Gasteiger partial charge is 0.365 e. The molecule has 3 aromatic rings. The fourth-order valence-corrected chi connectivity index (χ4v) is 4.51. The molecule has 1 fully saturated rings. The quantitative estimate of drug-likeness (QED) is 0.645. The monoisotopic (exact) mass is 423 g/mol. The second kappa shape index (κ2) is 8.00. The zero-order valence-corrected chi connectivity index (χ0v) is 17.1. The molecule has 5 rings (SSSR count). The molecule has 0 aliphatic carbocycles. The number of rotatable bonds is 3. The molecule has 1 atom stereocenters. The van der Waals surface area contributed by atoms with Crippen molar-refractivity contribution in [2.45, 2.75) is 19.3 Å². The number of nitrogens with zero attached hydrogens (tertiary/aromatic N) is 5. The van der Waals surface area contributed by atoms with Crippen LogP contribution in [0.5, 0.6) is 0 Å². The summed E-state index contributed by atoms with van der Waals surface area (Å²) in [6, 6.07) is 11.8. The summed E-state index contributed by atoms with van der Waals surface area (Å²) in [5.41, 5.74) is 2.85. The number of thiophene rings is 1. The van der Waals surface area contributed by atoms with Gasteiger partial charge in [0.15, 0.2) is 5.69 Å². The van der Waals surface area contributed by atoms with E-state index in [1.165, 1.54) is 11.3 Å². The van der Waals surface area contributed by atoms with Crippen molar-refractivity contribution in [3.05, 3.63) is 69.7 Å². The van der Waals surface area contributed by atoms with Crippen molar-refractivity contribution >= 4 is 23.2 Å². The van der Waals surface area contributed by atoms with Gasteiger partial charge in [-0.05, 0) is 17.0 Å². The fourth-order valence-electron chi connectivity index (χ4n) is 3.88. The lowest BCUT2D eigenvalue weighted by Gasteiger charge is -2.34. The fraction of sp³-hybridized carbons (Fsp3) is 0.333. The van der Waals surface area contributed by atoms with Crippen LogP contribution in [-0.2, 0) is 17.9 Å². The van der Waals surface area contributed by atoms with Crippen LogP contribution in [0.3, 0.4) is 0 Å². The van der Waals surface area contributed by atoms with Crippen molar-refractivity contribution in [2.24, 2.45) is 0 Å². The number of aromatic nitrogens is 3. The maximum atomic E-state index is 13.0. The SMILES string of the molecule is O=C(c1ccsc1)N1CCN(C(=O)c2nnn3c2CO[C@@H](c2ccccc2)C3)CC1. The molecule has 2 amide bonds. The normalized spacial score (nSPS) is 18.9. The predicted molar refractivity (Wildman–Crippen MR) is 110 cm³/mol. The van der Waals surface area contributed by atoms with Crippen molar-refractivity contribution in [2.75, 3.05) is 26.2 Å². The molecule has 0 radical (unpaired) electrons. The third-order valence-electron chi connectivity index (χ3n) is 5.59. The molecule has 154 valence electrons. The van der Waals surface area contributed by atoms with E-state index in [0.717, 1.165) is 5.56 Å². The van der Waals surface area contributed by atoms with Gasteiger partial charge in [0.2, 0.25) is 0 Å². The number of carbonyl (C=O) groups excluding carboxylic acids is 2. The first-order valence-corrected chi connectivity index (χ1v) is 10.8. The minimum Gasteiger partial charge on any atom is -0.365 e. The lowest BCUT2D eigenvalue weighted by Crippen LogP contribution is -2.50. The number of hydrogen-bond acceptors (Lipinski definition) is 6. The minimum absolute atomic E-state index is 0.0183. The standard InChI is InChI=1S/C21H21N5O3S/c27-20(16-6-11-30-14-16)24-7-9-25(10-8-24)21(28)19-17-13-29-18(12-26(17)23-22-19)15-4-2-1-3-5-15/h1-6,11,14,18H,7-10,12-13H2/t18-/m1/s1. The summed E-state index contributed by atoms with van der Waals surface area (Å²) in [7, 11) is 0. The maximum absolute atomic E-state index is 13.0. The average Bonchev–Trinajstić information content (AvgIpc) is 3.49. The molecule has 2 aliphatic heterocycles. The van der Waals surface area contributed by atoms with E-state index in [-0.39, 0.29) is 17.9 Å². The zero-order chi connectivity index (χ0) is 20.5. The predicted octanol–water partition coefficient (Wildman–Crippen LogP) is 2.21. The van der Waals surface area contributed by atoms with E-state index < -0.39 is 0 Å². The molecule has 2 aliphatic rings. The van der Waals surface area contributed by atoms with E-state index in [0.29, 0.717) is 56.3 Å². The van der Waals surface area contributed by atoms with Gasteiger partial charge in [0.05, 0.1) is 24.4 Å². The maximum Gasteiger partial charge on any atom is 0.276 e. The summed E-state index contributed by atoms with van der Waals surface area (Å²) < 4.78 is 7.76. The molecule has 1 aromatic carbocycles. The van der Waals surface area contributed by atoms with Crippen LogP contribution < -0.4 is 0 Å². The molecular weight excluding hydrogens is 402 g/mol. The van der Waals surface area contributed by atoms with Crippen molar-refractivity contribution in [3.8, 4) is 0 Å². The number of fused-ring (bicyclic) bond motifs is 1. The highest BCUT2D eigenvalue weighted by Crippen LogP contribution is 2.27. The summed E-state index contributed by atoms with van der Waals surface area (Å²) in [6.45, 7) is 2.81. The van der Waals surface area contributed by atoms with E-state index in [1.54, 1.807) is 14.5 Å². The third kappa shape index (κ3) is 3.50. The smallest absolute Gasteiger partial charge is 0.276 e. The van der Waals surface area contributed by atoms with Gasteiger partial charge in [-0.2, -0.15) is 11.3 Å². The molecule has 0 spiro atoms. The number of ether oxygens (including phenoxy) is 1. The molecule has 4 heterocycles. The number of hydrogen-bond donors (Lipinski definition) is 0. The van der Waals surface area contributed by atoms with Crippen LogP contribution in [-0.4, -0.2) is 62.8 Å². The van der Waals surface area contributed by atoms with E-state index in [2.05, 4.69) is 10.3 Å². The van der Waals surface area contributed by atoms with Crippen LogP contribution in [0.15, 0.2) is 47.2 Å². The molecular formula is C21H21N5O3S. The number of amides is 2. The molecule has 2 aromatic heterocycles. The molecule has 0 bridgehead atoms. The highest BCUT2D eigenvalue weighted by Gasteiger charge is 2.32. The molecule has 9 heteroatoms. The first kappa shape index (κ1) is 19.0. The van der Waals surface area contributed by atoms with Gasteiger partial charge in [-0.3, -0.25) is 9.59 Å². The van der Waals surface area contributed by atoms with Gasteiger partial charge in [-0.15, -0.1) is 5.10 Å². The number of benzene rings is 1. The Morgan fingerprint density at radius 3 is 2.43 bits per heavy atom.